The quantitative estimate of drug-likeness (QED) is 0.713. The Bertz CT molecular complexity index is 180. The molecule has 0 aromatic carbocycles. The SMILES string of the molecule is CCCOCC(NCC)C1SCCSC1C. The molecule has 0 aromatic heterocycles. The van der Waals surface area contributed by atoms with Crippen molar-refractivity contribution in [1.82, 2.24) is 5.32 Å². The summed E-state index contributed by atoms with van der Waals surface area (Å²) in [5.41, 5.74) is 0. The molecular weight excluding hydrogens is 238 g/mol. The van der Waals surface area contributed by atoms with Crippen molar-refractivity contribution in [2.24, 2.45) is 0 Å². The average molecular weight is 263 g/mol. The lowest BCUT2D eigenvalue weighted by atomic mass is 10.1. The number of thioether (sulfide) groups is 2. The van der Waals surface area contributed by atoms with E-state index in [2.05, 4.69) is 49.6 Å². The molecule has 0 spiro atoms. The summed E-state index contributed by atoms with van der Waals surface area (Å²) in [6, 6.07) is 0.518. The van der Waals surface area contributed by atoms with Crippen molar-refractivity contribution < 1.29 is 4.74 Å². The standard InChI is InChI=1S/C12H25NOS2/c1-4-6-14-9-11(13-5-2)12-10(3)15-7-8-16-12/h10-13H,4-9H2,1-3H3. The topological polar surface area (TPSA) is 21.3 Å². The normalized spacial score (nSPS) is 27.9. The maximum atomic E-state index is 5.71. The number of nitrogens with one attached hydrogen (secondary N) is 1. The molecule has 0 aliphatic carbocycles. The van der Waals surface area contributed by atoms with Gasteiger partial charge >= 0.3 is 0 Å². The molecule has 3 unspecified atom stereocenters. The predicted octanol–water partition coefficient (Wildman–Crippen LogP) is 2.63. The zero-order valence-electron chi connectivity index (χ0n) is 10.7. The third kappa shape index (κ3) is 4.86. The molecule has 1 aliphatic rings. The summed E-state index contributed by atoms with van der Waals surface area (Å²) in [4.78, 5) is 0. The van der Waals surface area contributed by atoms with Gasteiger partial charge in [0.1, 0.15) is 0 Å². The Balaban J connectivity index is 2.39. The van der Waals surface area contributed by atoms with Crippen LogP contribution in [0.4, 0.5) is 0 Å². The zero-order valence-corrected chi connectivity index (χ0v) is 12.3. The van der Waals surface area contributed by atoms with Gasteiger partial charge < -0.3 is 10.1 Å². The Kier molecular flexibility index (Phi) is 7.96. The molecule has 2 nitrogen and oxygen atoms in total. The highest BCUT2D eigenvalue weighted by molar-refractivity contribution is 8.07. The van der Waals surface area contributed by atoms with Crippen LogP contribution in [0.3, 0.4) is 0 Å². The Morgan fingerprint density at radius 1 is 1.31 bits per heavy atom. The van der Waals surface area contributed by atoms with Gasteiger partial charge in [-0.3, -0.25) is 0 Å². The van der Waals surface area contributed by atoms with Gasteiger partial charge in [-0.1, -0.05) is 20.8 Å². The highest BCUT2D eigenvalue weighted by Crippen LogP contribution is 2.33. The molecule has 1 N–H and O–H groups in total. The summed E-state index contributed by atoms with van der Waals surface area (Å²) in [5, 5.41) is 5.03. The van der Waals surface area contributed by atoms with Crippen LogP contribution in [0.15, 0.2) is 0 Å². The molecule has 0 radical (unpaired) electrons. The Morgan fingerprint density at radius 3 is 2.69 bits per heavy atom. The Hall–Kier alpha value is 0.620. The fraction of sp³-hybridized carbons (Fsp3) is 1.00. The molecule has 0 bridgehead atoms. The van der Waals surface area contributed by atoms with E-state index in [9.17, 15) is 0 Å². The molecule has 0 saturated carbocycles. The van der Waals surface area contributed by atoms with Crippen LogP contribution >= 0.6 is 23.5 Å². The van der Waals surface area contributed by atoms with Gasteiger partial charge in [0.15, 0.2) is 0 Å². The van der Waals surface area contributed by atoms with E-state index in [1.54, 1.807) is 0 Å². The van der Waals surface area contributed by atoms with Crippen molar-refractivity contribution in [2.75, 3.05) is 31.3 Å². The first-order valence-corrected chi connectivity index (χ1v) is 8.43. The number of hydrogen-bond acceptors (Lipinski definition) is 4. The van der Waals surface area contributed by atoms with E-state index >= 15 is 0 Å². The molecule has 16 heavy (non-hydrogen) atoms. The number of hydrogen-bond donors (Lipinski definition) is 1. The monoisotopic (exact) mass is 263 g/mol. The van der Waals surface area contributed by atoms with Crippen LogP contribution in [0.25, 0.3) is 0 Å². The van der Waals surface area contributed by atoms with E-state index in [0.29, 0.717) is 11.3 Å². The second kappa shape index (κ2) is 8.67. The average Bonchev–Trinajstić information content (AvgIpc) is 2.29. The molecule has 3 atom stereocenters. The maximum Gasteiger partial charge on any atom is 0.0630 e. The van der Waals surface area contributed by atoms with Gasteiger partial charge in [0, 0.05) is 34.7 Å². The van der Waals surface area contributed by atoms with Crippen LogP contribution in [0.2, 0.25) is 0 Å². The summed E-state index contributed by atoms with van der Waals surface area (Å²) in [6.07, 6.45) is 1.11. The largest absolute Gasteiger partial charge is 0.380 e. The van der Waals surface area contributed by atoms with E-state index in [1.165, 1.54) is 11.5 Å². The van der Waals surface area contributed by atoms with Gasteiger partial charge in [0.2, 0.25) is 0 Å². The molecular formula is C12H25NOS2. The number of ether oxygens (including phenoxy) is 1. The lowest BCUT2D eigenvalue weighted by Crippen LogP contribution is -2.47. The third-order valence-corrected chi connectivity index (χ3v) is 6.00. The summed E-state index contributed by atoms with van der Waals surface area (Å²) < 4.78 is 5.71. The molecule has 96 valence electrons. The van der Waals surface area contributed by atoms with E-state index in [0.717, 1.165) is 31.4 Å². The first-order valence-electron chi connectivity index (χ1n) is 6.33. The Morgan fingerprint density at radius 2 is 2.06 bits per heavy atom. The first kappa shape index (κ1) is 14.7. The second-order valence-corrected chi connectivity index (χ2v) is 6.92. The third-order valence-electron chi connectivity index (χ3n) is 2.75. The van der Waals surface area contributed by atoms with Crippen LogP contribution in [-0.4, -0.2) is 47.8 Å². The molecule has 1 saturated heterocycles. The minimum Gasteiger partial charge on any atom is -0.380 e. The van der Waals surface area contributed by atoms with E-state index < -0.39 is 0 Å². The van der Waals surface area contributed by atoms with Crippen LogP contribution in [0, 0.1) is 0 Å². The number of rotatable bonds is 7. The van der Waals surface area contributed by atoms with Crippen molar-refractivity contribution in [1.29, 1.82) is 0 Å². The highest BCUT2D eigenvalue weighted by Gasteiger charge is 2.29. The van der Waals surface area contributed by atoms with Crippen LogP contribution in [0.5, 0.6) is 0 Å². The van der Waals surface area contributed by atoms with Gasteiger partial charge in [0.05, 0.1) is 6.61 Å². The number of likely N-dealkylation sites (N-methyl/N-ethyl adjacent to an activating group) is 1. The maximum absolute atomic E-state index is 5.71. The van der Waals surface area contributed by atoms with Crippen molar-refractivity contribution in [3.63, 3.8) is 0 Å². The van der Waals surface area contributed by atoms with Gasteiger partial charge in [0.25, 0.3) is 0 Å². The second-order valence-electron chi connectivity index (χ2n) is 4.15. The summed E-state index contributed by atoms with van der Waals surface area (Å²) in [7, 11) is 0. The minimum atomic E-state index is 0.518. The van der Waals surface area contributed by atoms with Gasteiger partial charge in [-0.2, -0.15) is 23.5 Å². The van der Waals surface area contributed by atoms with E-state index in [-0.39, 0.29) is 0 Å². The molecule has 1 rings (SSSR count). The first-order chi connectivity index (χ1) is 7.79. The molecule has 0 amide bonds. The molecule has 4 heteroatoms. The highest BCUT2D eigenvalue weighted by atomic mass is 32.2. The lowest BCUT2D eigenvalue weighted by Gasteiger charge is -2.34. The fourth-order valence-corrected chi connectivity index (χ4v) is 4.92. The summed E-state index contributed by atoms with van der Waals surface area (Å²) >= 11 is 4.22. The summed E-state index contributed by atoms with van der Waals surface area (Å²) in [5.74, 6) is 2.59. The Labute approximate surface area is 109 Å². The van der Waals surface area contributed by atoms with Crippen LogP contribution < -0.4 is 5.32 Å². The van der Waals surface area contributed by atoms with E-state index in [1.807, 2.05) is 0 Å². The minimum absolute atomic E-state index is 0.518. The molecule has 1 heterocycles. The molecule has 0 aromatic rings. The van der Waals surface area contributed by atoms with E-state index in [4.69, 9.17) is 4.74 Å². The fourth-order valence-electron chi connectivity index (χ4n) is 1.98. The van der Waals surface area contributed by atoms with Gasteiger partial charge in [-0.25, -0.2) is 0 Å². The smallest absolute Gasteiger partial charge is 0.0630 e. The van der Waals surface area contributed by atoms with Gasteiger partial charge in [-0.05, 0) is 13.0 Å². The van der Waals surface area contributed by atoms with Crippen molar-refractivity contribution >= 4 is 23.5 Å². The van der Waals surface area contributed by atoms with Crippen molar-refractivity contribution in [3.05, 3.63) is 0 Å². The summed E-state index contributed by atoms with van der Waals surface area (Å²) in [6.45, 7) is 9.49. The zero-order chi connectivity index (χ0) is 11.8. The van der Waals surface area contributed by atoms with Crippen molar-refractivity contribution in [2.45, 2.75) is 43.7 Å². The predicted molar refractivity (Wildman–Crippen MR) is 76.7 cm³/mol. The van der Waals surface area contributed by atoms with Crippen LogP contribution in [0.1, 0.15) is 27.2 Å². The van der Waals surface area contributed by atoms with Crippen LogP contribution in [-0.2, 0) is 4.74 Å². The lowest BCUT2D eigenvalue weighted by molar-refractivity contribution is 0.111. The van der Waals surface area contributed by atoms with Gasteiger partial charge in [-0.15, -0.1) is 0 Å². The molecule has 1 fully saturated rings. The van der Waals surface area contributed by atoms with Crippen molar-refractivity contribution in [3.8, 4) is 0 Å². The molecule has 1 aliphatic heterocycles.